The van der Waals surface area contributed by atoms with Gasteiger partial charge in [-0.15, -0.1) is 13.2 Å². The van der Waals surface area contributed by atoms with Crippen molar-refractivity contribution in [2.24, 2.45) is 5.73 Å². The second-order valence-corrected chi connectivity index (χ2v) is 6.41. The zero-order valence-corrected chi connectivity index (χ0v) is 16.1. The number of hydrogen-bond acceptors (Lipinski definition) is 4. The molecule has 3 amide bonds. The van der Waals surface area contributed by atoms with Gasteiger partial charge in [0.25, 0.3) is 5.91 Å². The normalized spacial score (nSPS) is 11.0. The lowest BCUT2D eigenvalue weighted by molar-refractivity contribution is -0.274. The molecule has 0 atom stereocenters. The van der Waals surface area contributed by atoms with Gasteiger partial charge in [0.1, 0.15) is 5.75 Å². The second kappa shape index (κ2) is 9.68. The molecule has 156 valence electrons. The fourth-order valence-corrected chi connectivity index (χ4v) is 2.74. The van der Waals surface area contributed by atoms with Crippen LogP contribution in [0.15, 0.2) is 36.4 Å². The molecule has 0 fully saturated rings. The quantitative estimate of drug-likeness (QED) is 0.528. The number of carbonyl (C=O) groups is 2. The van der Waals surface area contributed by atoms with Gasteiger partial charge in [0.2, 0.25) is 0 Å². The Morgan fingerprint density at radius 1 is 1.03 bits per heavy atom. The first-order valence-corrected chi connectivity index (χ1v) is 8.75. The molecule has 0 radical (unpaired) electrons. The Balaban J connectivity index is 2.27. The highest BCUT2D eigenvalue weighted by Gasteiger charge is 2.31. The van der Waals surface area contributed by atoms with Crippen LogP contribution in [0.2, 0.25) is 10.0 Å². The summed E-state index contributed by atoms with van der Waals surface area (Å²) in [4.78, 5) is 24.5. The summed E-state index contributed by atoms with van der Waals surface area (Å²) in [6.45, 7) is 0.284. The van der Waals surface area contributed by atoms with Crippen LogP contribution in [-0.2, 0) is 0 Å². The van der Waals surface area contributed by atoms with Gasteiger partial charge in [0, 0.05) is 34.9 Å². The van der Waals surface area contributed by atoms with E-state index < -0.39 is 24.1 Å². The van der Waals surface area contributed by atoms with E-state index in [9.17, 15) is 22.8 Å². The summed E-state index contributed by atoms with van der Waals surface area (Å²) in [5, 5.41) is 7.70. The van der Waals surface area contributed by atoms with Crippen molar-refractivity contribution in [1.29, 1.82) is 0 Å². The van der Waals surface area contributed by atoms with Crippen molar-refractivity contribution in [3.63, 3.8) is 0 Å². The lowest BCUT2D eigenvalue weighted by Crippen LogP contribution is -2.30. The first-order chi connectivity index (χ1) is 13.6. The molecule has 2 rings (SSSR count). The highest BCUT2D eigenvalue weighted by Crippen LogP contribution is 2.28. The summed E-state index contributed by atoms with van der Waals surface area (Å²) < 4.78 is 41.3. The fraction of sp³-hybridized carbons (Fsp3) is 0.176. The summed E-state index contributed by atoms with van der Waals surface area (Å²) >= 11 is 11.7. The monoisotopic (exact) mass is 450 g/mol. The molecule has 5 N–H and O–H groups in total. The molecule has 0 bridgehead atoms. The Labute approximate surface area is 173 Å². The summed E-state index contributed by atoms with van der Waals surface area (Å²) in [5.74, 6) is -1.26. The van der Waals surface area contributed by atoms with Crippen LogP contribution in [0.4, 0.5) is 29.3 Å². The number of carbonyl (C=O) groups excluding carboxylic acids is 2. The molecule has 12 heteroatoms. The zero-order chi connectivity index (χ0) is 21.6. The molecular weight excluding hydrogens is 436 g/mol. The number of hydrogen-bond donors (Lipinski definition) is 4. The molecule has 0 saturated carbocycles. The van der Waals surface area contributed by atoms with E-state index in [0.29, 0.717) is 0 Å². The maximum absolute atomic E-state index is 12.5. The van der Waals surface area contributed by atoms with Gasteiger partial charge in [-0.05, 0) is 30.3 Å². The predicted octanol–water partition coefficient (Wildman–Crippen LogP) is 4.22. The standard InChI is InChI=1S/C17H15Cl2F3N4O3/c18-9-5-10(19)7-11(6-9)25-16(28)26-14-8-12(29-17(20,21)22)1-2-13(14)15(27)24-4-3-23/h1-2,5-8H,3-4,23H2,(H,24,27)(H2,25,26,28). The van der Waals surface area contributed by atoms with E-state index in [2.05, 4.69) is 20.7 Å². The molecule has 0 heterocycles. The SMILES string of the molecule is NCCNC(=O)c1ccc(OC(F)(F)F)cc1NC(=O)Nc1cc(Cl)cc(Cl)c1. The van der Waals surface area contributed by atoms with Gasteiger partial charge in [0.15, 0.2) is 0 Å². The third-order valence-corrected chi connectivity index (χ3v) is 3.70. The third kappa shape index (κ3) is 7.33. The lowest BCUT2D eigenvalue weighted by Gasteiger charge is -2.15. The number of ether oxygens (including phenoxy) is 1. The second-order valence-electron chi connectivity index (χ2n) is 5.54. The average molecular weight is 451 g/mol. The number of urea groups is 1. The average Bonchev–Trinajstić information content (AvgIpc) is 2.57. The first kappa shape index (κ1) is 22.6. The van der Waals surface area contributed by atoms with Crippen molar-refractivity contribution in [3.05, 3.63) is 52.0 Å². The van der Waals surface area contributed by atoms with Crippen LogP contribution in [0, 0.1) is 0 Å². The van der Waals surface area contributed by atoms with Crippen LogP contribution in [0.25, 0.3) is 0 Å². The third-order valence-electron chi connectivity index (χ3n) is 3.27. The number of nitrogens with two attached hydrogens (primary N) is 1. The molecule has 2 aromatic rings. The number of benzene rings is 2. The van der Waals surface area contributed by atoms with Crippen LogP contribution in [0.1, 0.15) is 10.4 Å². The highest BCUT2D eigenvalue weighted by atomic mass is 35.5. The number of amides is 3. The summed E-state index contributed by atoms with van der Waals surface area (Å²) in [6, 6.07) is 6.32. The van der Waals surface area contributed by atoms with Crippen LogP contribution in [-0.4, -0.2) is 31.4 Å². The fourth-order valence-electron chi connectivity index (χ4n) is 2.21. The Hall–Kier alpha value is -2.69. The molecule has 0 aliphatic heterocycles. The number of nitrogens with one attached hydrogen (secondary N) is 3. The maximum atomic E-state index is 12.5. The van der Waals surface area contributed by atoms with Crippen molar-refractivity contribution in [2.45, 2.75) is 6.36 Å². The van der Waals surface area contributed by atoms with Gasteiger partial charge in [-0.3, -0.25) is 4.79 Å². The minimum Gasteiger partial charge on any atom is -0.406 e. The molecule has 0 unspecified atom stereocenters. The van der Waals surface area contributed by atoms with Crippen LogP contribution in [0.3, 0.4) is 0 Å². The van der Waals surface area contributed by atoms with E-state index in [-0.39, 0.29) is 40.1 Å². The van der Waals surface area contributed by atoms with E-state index >= 15 is 0 Å². The molecule has 0 saturated heterocycles. The number of halogens is 5. The van der Waals surface area contributed by atoms with Crippen LogP contribution < -0.4 is 26.4 Å². The molecule has 7 nitrogen and oxygen atoms in total. The molecule has 0 aliphatic rings. The molecule has 2 aromatic carbocycles. The molecule has 29 heavy (non-hydrogen) atoms. The first-order valence-electron chi connectivity index (χ1n) is 7.99. The Morgan fingerprint density at radius 3 is 2.28 bits per heavy atom. The van der Waals surface area contributed by atoms with Crippen LogP contribution in [0.5, 0.6) is 5.75 Å². The van der Waals surface area contributed by atoms with E-state index in [4.69, 9.17) is 28.9 Å². The van der Waals surface area contributed by atoms with E-state index in [1.807, 2.05) is 0 Å². The van der Waals surface area contributed by atoms with Crippen molar-refractivity contribution in [2.75, 3.05) is 23.7 Å². The zero-order valence-electron chi connectivity index (χ0n) is 14.6. The summed E-state index contributed by atoms with van der Waals surface area (Å²) in [6.07, 6.45) is -4.94. The van der Waals surface area contributed by atoms with Gasteiger partial charge in [-0.1, -0.05) is 23.2 Å². The number of anilines is 2. The van der Waals surface area contributed by atoms with Gasteiger partial charge < -0.3 is 26.4 Å². The van der Waals surface area contributed by atoms with Crippen molar-refractivity contribution in [1.82, 2.24) is 5.32 Å². The summed E-state index contributed by atoms with van der Waals surface area (Å²) in [5.41, 5.74) is 5.24. The van der Waals surface area contributed by atoms with E-state index in [0.717, 1.165) is 18.2 Å². The molecule has 0 aliphatic carbocycles. The smallest absolute Gasteiger partial charge is 0.406 e. The Bertz CT molecular complexity index is 890. The van der Waals surface area contributed by atoms with Gasteiger partial charge in [-0.25, -0.2) is 4.79 Å². The van der Waals surface area contributed by atoms with Crippen molar-refractivity contribution < 1.29 is 27.5 Å². The van der Waals surface area contributed by atoms with E-state index in [1.165, 1.54) is 18.2 Å². The Morgan fingerprint density at radius 2 is 1.69 bits per heavy atom. The lowest BCUT2D eigenvalue weighted by atomic mass is 10.1. The minimum absolute atomic E-state index is 0.0905. The maximum Gasteiger partial charge on any atom is 0.573 e. The minimum atomic E-state index is -4.94. The van der Waals surface area contributed by atoms with Crippen molar-refractivity contribution >= 4 is 46.5 Å². The van der Waals surface area contributed by atoms with E-state index in [1.54, 1.807) is 0 Å². The van der Waals surface area contributed by atoms with Crippen molar-refractivity contribution in [3.8, 4) is 5.75 Å². The summed E-state index contributed by atoms with van der Waals surface area (Å²) in [7, 11) is 0. The number of rotatable bonds is 6. The Kier molecular flexibility index (Phi) is 7.54. The largest absolute Gasteiger partial charge is 0.573 e. The molecule has 0 aromatic heterocycles. The van der Waals surface area contributed by atoms with Gasteiger partial charge in [0.05, 0.1) is 11.3 Å². The van der Waals surface area contributed by atoms with Crippen LogP contribution >= 0.6 is 23.2 Å². The predicted molar refractivity (Wildman–Crippen MR) is 104 cm³/mol. The number of alkyl halides is 3. The highest BCUT2D eigenvalue weighted by molar-refractivity contribution is 6.35. The topological polar surface area (TPSA) is 105 Å². The molecular formula is C17H15Cl2F3N4O3. The van der Waals surface area contributed by atoms with Gasteiger partial charge >= 0.3 is 12.4 Å². The van der Waals surface area contributed by atoms with Gasteiger partial charge in [-0.2, -0.15) is 0 Å². The molecule has 0 spiro atoms.